The molecule has 1 aliphatic rings. The number of para-hydroxylation sites is 2. The van der Waals surface area contributed by atoms with Crippen LogP contribution in [0.3, 0.4) is 0 Å². The Morgan fingerprint density at radius 3 is 2.95 bits per heavy atom. The van der Waals surface area contributed by atoms with Crippen LogP contribution in [0.4, 0.5) is 5.69 Å². The van der Waals surface area contributed by atoms with Crippen molar-refractivity contribution in [3.05, 3.63) is 34.4 Å². The summed E-state index contributed by atoms with van der Waals surface area (Å²) in [6.45, 7) is 1.41. The standard InChI is InChI=1S/C14H19N3O4/c15-11-4-3-8-16(10-11)14(18)7-9-21-13-6-2-1-5-12(13)17(19)20/h1-2,5-6,11H,3-4,7-10,15H2. The minimum atomic E-state index is -0.499. The summed E-state index contributed by atoms with van der Waals surface area (Å²) in [6, 6.07) is 6.18. The molecule has 1 saturated heterocycles. The normalized spacial score (nSPS) is 18.3. The second-order valence-electron chi connectivity index (χ2n) is 5.07. The van der Waals surface area contributed by atoms with E-state index >= 15 is 0 Å². The van der Waals surface area contributed by atoms with E-state index < -0.39 is 4.92 Å². The van der Waals surface area contributed by atoms with Crippen molar-refractivity contribution in [3.63, 3.8) is 0 Å². The van der Waals surface area contributed by atoms with E-state index in [0.29, 0.717) is 6.54 Å². The molecule has 1 aromatic carbocycles. The van der Waals surface area contributed by atoms with Gasteiger partial charge in [0, 0.05) is 25.2 Å². The Hall–Kier alpha value is -2.15. The fourth-order valence-electron chi connectivity index (χ4n) is 2.37. The van der Waals surface area contributed by atoms with Gasteiger partial charge in [-0.15, -0.1) is 0 Å². The van der Waals surface area contributed by atoms with Gasteiger partial charge in [0.2, 0.25) is 5.91 Å². The van der Waals surface area contributed by atoms with Crippen LogP contribution in [0.15, 0.2) is 24.3 Å². The number of carbonyl (C=O) groups excluding carboxylic acids is 1. The number of hydrogen-bond acceptors (Lipinski definition) is 5. The summed E-state index contributed by atoms with van der Waals surface area (Å²) in [5.41, 5.74) is 5.74. The smallest absolute Gasteiger partial charge is 0.310 e. The van der Waals surface area contributed by atoms with Crippen molar-refractivity contribution in [1.82, 2.24) is 4.90 Å². The first-order chi connectivity index (χ1) is 10.1. The summed E-state index contributed by atoms with van der Waals surface area (Å²) in [6.07, 6.45) is 2.05. The molecule has 7 nitrogen and oxygen atoms in total. The van der Waals surface area contributed by atoms with Gasteiger partial charge in [0.15, 0.2) is 5.75 Å². The number of piperidine rings is 1. The summed E-state index contributed by atoms with van der Waals surface area (Å²) in [5.74, 6) is 0.161. The lowest BCUT2D eigenvalue weighted by Gasteiger charge is -2.30. The number of ether oxygens (including phenoxy) is 1. The maximum absolute atomic E-state index is 12.0. The lowest BCUT2D eigenvalue weighted by atomic mass is 10.1. The molecule has 1 fully saturated rings. The number of nitro groups is 1. The van der Waals surface area contributed by atoms with Crippen molar-refractivity contribution in [2.24, 2.45) is 5.73 Å². The van der Waals surface area contributed by atoms with E-state index in [9.17, 15) is 14.9 Å². The molecule has 2 N–H and O–H groups in total. The van der Waals surface area contributed by atoms with Crippen LogP contribution in [0.2, 0.25) is 0 Å². The van der Waals surface area contributed by atoms with Gasteiger partial charge in [-0.3, -0.25) is 14.9 Å². The van der Waals surface area contributed by atoms with Crippen LogP contribution >= 0.6 is 0 Å². The third-order valence-corrected chi connectivity index (χ3v) is 3.45. The van der Waals surface area contributed by atoms with Gasteiger partial charge in [0.1, 0.15) is 0 Å². The predicted octanol–water partition coefficient (Wildman–Crippen LogP) is 1.31. The molecule has 0 aliphatic carbocycles. The number of nitrogens with zero attached hydrogens (tertiary/aromatic N) is 2. The molecule has 1 amide bonds. The molecule has 21 heavy (non-hydrogen) atoms. The lowest BCUT2D eigenvalue weighted by molar-refractivity contribution is -0.385. The van der Waals surface area contributed by atoms with Gasteiger partial charge in [0.05, 0.1) is 18.0 Å². The number of rotatable bonds is 5. The predicted molar refractivity (Wildman–Crippen MR) is 77.0 cm³/mol. The first kappa shape index (κ1) is 15.2. The van der Waals surface area contributed by atoms with Gasteiger partial charge in [-0.1, -0.05) is 12.1 Å². The maximum Gasteiger partial charge on any atom is 0.310 e. The molecule has 114 valence electrons. The molecule has 1 aromatic rings. The Morgan fingerprint density at radius 2 is 2.24 bits per heavy atom. The topological polar surface area (TPSA) is 98.7 Å². The average Bonchev–Trinajstić information content (AvgIpc) is 2.47. The summed E-state index contributed by atoms with van der Waals surface area (Å²) >= 11 is 0. The first-order valence-corrected chi connectivity index (χ1v) is 6.97. The monoisotopic (exact) mass is 293 g/mol. The van der Waals surface area contributed by atoms with Crippen LogP contribution in [-0.2, 0) is 4.79 Å². The van der Waals surface area contributed by atoms with Crippen LogP contribution in [-0.4, -0.2) is 41.5 Å². The summed E-state index contributed by atoms with van der Waals surface area (Å²) in [7, 11) is 0. The minimum Gasteiger partial charge on any atom is -0.486 e. The Morgan fingerprint density at radius 1 is 1.48 bits per heavy atom. The highest BCUT2D eigenvalue weighted by Crippen LogP contribution is 2.25. The molecule has 1 aliphatic heterocycles. The van der Waals surface area contributed by atoms with Crippen molar-refractivity contribution in [1.29, 1.82) is 0 Å². The van der Waals surface area contributed by atoms with Gasteiger partial charge < -0.3 is 15.4 Å². The second kappa shape index (κ2) is 7.03. The minimum absolute atomic E-state index is 0.0243. The fraction of sp³-hybridized carbons (Fsp3) is 0.500. The maximum atomic E-state index is 12.0. The second-order valence-corrected chi connectivity index (χ2v) is 5.07. The van der Waals surface area contributed by atoms with Crippen molar-refractivity contribution < 1.29 is 14.5 Å². The third kappa shape index (κ3) is 4.16. The van der Waals surface area contributed by atoms with E-state index in [1.165, 1.54) is 12.1 Å². The van der Waals surface area contributed by atoms with E-state index in [1.54, 1.807) is 17.0 Å². The molecule has 1 heterocycles. The Labute approximate surface area is 122 Å². The van der Waals surface area contributed by atoms with E-state index in [1.807, 2.05) is 0 Å². The Kier molecular flexibility index (Phi) is 5.10. The molecular formula is C14H19N3O4. The van der Waals surface area contributed by atoms with E-state index in [2.05, 4.69) is 0 Å². The highest BCUT2D eigenvalue weighted by atomic mass is 16.6. The SMILES string of the molecule is NC1CCCN(C(=O)CCOc2ccccc2[N+](=O)[O-])C1. The number of carbonyl (C=O) groups is 1. The molecule has 0 spiro atoms. The summed E-state index contributed by atoms with van der Waals surface area (Å²) in [4.78, 5) is 24.1. The molecule has 1 unspecified atom stereocenters. The zero-order valence-electron chi connectivity index (χ0n) is 11.7. The molecular weight excluding hydrogens is 274 g/mol. The highest BCUT2D eigenvalue weighted by molar-refractivity contribution is 5.76. The Bertz CT molecular complexity index is 521. The van der Waals surface area contributed by atoms with Gasteiger partial charge in [0.25, 0.3) is 0 Å². The van der Waals surface area contributed by atoms with Crippen molar-refractivity contribution in [2.75, 3.05) is 19.7 Å². The van der Waals surface area contributed by atoms with Crippen LogP contribution < -0.4 is 10.5 Å². The van der Waals surface area contributed by atoms with Crippen molar-refractivity contribution in [3.8, 4) is 5.75 Å². The van der Waals surface area contributed by atoms with Gasteiger partial charge in [-0.25, -0.2) is 0 Å². The zero-order valence-corrected chi connectivity index (χ0v) is 11.7. The van der Waals surface area contributed by atoms with Gasteiger partial charge >= 0.3 is 5.69 Å². The first-order valence-electron chi connectivity index (χ1n) is 6.97. The van der Waals surface area contributed by atoms with Crippen LogP contribution in [0.25, 0.3) is 0 Å². The molecule has 0 saturated carbocycles. The van der Waals surface area contributed by atoms with Gasteiger partial charge in [-0.2, -0.15) is 0 Å². The summed E-state index contributed by atoms with van der Waals surface area (Å²) < 4.78 is 5.37. The molecule has 7 heteroatoms. The molecule has 0 aromatic heterocycles. The molecule has 0 bridgehead atoms. The van der Waals surface area contributed by atoms with Crippen molar-refractivity contribution >= 4 is 11.6 Å². The summed E-state index contributed by atoms with van der Waals surface area (Å²) in [5, 5.41) is 10.8. The number of likely N-dealkylation sites (tertiary alicyclic amines) is 1. The third-order valence-electron chi connectivity index (χ3n) is 3.45. The van der Waals surface area contributed by atoms with E-state index in [-0.39, 0.29) is 36.4 Å². The number of amides is 1. The number of hydrogen-bond donors (Lipinski definition) is 1. The highest BCUT2D eigenvalue weighted by Gasteiger charge is 2.21. The quantitative estimate of drug-likeness (QED) is 0.652. The molecule has 1 atom stereocenters. The zero-order chi connectivity index (χ0) is 15.2. The molecule has 0 radical (unpaired) electrons. The number of nitro benzene ring substituents is 1. The van der Waals surface area contributed by atoms with Crippen LogP contribution in [0.5, 0.6) is 5.75 Å². The average molecular weight is 293 g/mol. The van der Waals surface area contributed by atoms with E-state index in [4.69, 9.17) is 10.5 Å². The van der Waals surface area contributed by atoms with Crippen LogP contribution in [0, 0.1) is 10.1 Å². The van der Waals surface area contributed by atoms with E-state index in [0.717, 1.165) is 19.4 Å². The Balaban J connectivity index is 1.84. The van der Waals surface area contributed by atoms with Crippen LogP contribution in [0.1, 0.15) is 19.3 Å². The largest absolute Gasteiger partial charge is 0.486 e. The lowest BCUT2D eigenvalue weighted by Crippen LogP contribution is -2.46. The number of nitrogens with two attached hydrogens (primary N) is 1. The van der Waals surface area contributed by atoms with Gasteiger partial charge in [-0.05, 0) is 18.9 Å². The fourth-order valence-corrected chi connectivity index (χ4v) is 2.37. The number of benzene rings is 1. The molecule has 2 rings (SSSR count). The van der Waals surface area contributed by atoms with Crippen molar-refractivity contribution in [2.45, 2.75) is 25.3 Å².